The van der Waals surface area contributed by atoms with E-state index in [-0.39, 0.29) is 16.5 Å². The van der Waals surface area contributed by atoms with Crippen molar-refractivity contribution in [3.8, 4) is 0 Å². The van der Waals surface area contributed by atoms with Crippen molar-refractivity contribution in [2.24, 2.45) is 0 Å². The number of halogens is 2. The van der Waals surface area contributed by atoms with Gasteiger partial charge in [0.1, 0.15) is 0 Å². The van der Waals surface area contributed by atoms with Crippen LogP contribution in [-0.2, 0) is 9.53 Å². The first kappa shape index (κ1) is 15.3. The van der Waals surface area contributed by atoms with Gasteiger partial charge in [-0.15, -0.1) is 0 Å². The topological polar surface area (TPSA) is 81.4 Å². The molecule has 8 heteroatoms. The van der Waals surface area contributed by atoms with E-state index in [1.165, 1.54) is 18.2 Å². The van der Waals surface area contributed by atoms with Crippen LogP contribution in [0.5, 0.6) is 0 Å². The van der Waals surface area contributed by atoms with Crippen molar-refractivity contribution in [3.63, 3.8) is 0 Å². The molecule has 0 fully saturated rings. The number of carbonyl (C=O) groups is 2. The molecule has 1 amide bonds. The van der Waals surface area contributed by atoms with E-state index < -0.39 is 18.5 Å². The van der Waals surface area contributed by atoms with E-state index in [1.807, 2.05) is 0 Å². The second kappa shape index (κ2) is 6.60. The van der Waals surface area contributed by atoms with Gasteiger partial charge >= 0.3 is 5.97 Å². The fourth-order valence-electron chi connectivity index (χ4n) is 1.46. The number of aryl methyl sites for hydroxylation is 1. The van der Waals surface area contributed by atoms with Gasteiger partial charge in [-0.3, -0.25) is 10.1 Å². The summed E-state index contributed by atoms with van der Waals surface area (Å²) in [6, 6.07) is 5.91. The number of hydrogen-bond acceptors (Lipinski definition) is 5. The lowest BCUT2D eigenvalue weighted by molar-refractivity contribution is -0.119. The van der Waals surface area contributed by atoms with Crippen LogP contribution in [0.25, 0.3) is 0 Å². The highest BCUT2D eigenvalue weighted by molar-refractivity contribution is 6.35. The maximum Gasteiger partial charge on any atom is 0.340 e. The van der Waals surface area contributed by atoms with Crippen LogP contribution in [0.3, 0.4) is 0 Å². The Labute approximate surface area is 130 Å². The lowest BCUT2D eigenvalue weighted by Gasteiger charge is -2.06. The van der Waals surface area contributed by atoms with E-state index in [0.717, 1.165) is 0 Å². The quantitative estimate of drug-likeness (QED) is 0.872. The second-order valence-corrected chi connectivity index (χ2v) is 4.92. The summed E-state index contributed by atoms with van der Waals surface area (Å²) in [6.45, 7) is 1.22. The Balaban J connectivity index is 1.91. The van der Waals surface area contributed by atoms with E-state index in [0.29, 0.717) is 10.7 Å². The second-order valence-electron chi connectivity index (χ2n) is 4.08. The van der Waals surface area contributed by atoms with Crippen molar-refractivity contribution in [1.82, 2.24) is 5.16 Å². The molecule has 0 spiro atoms. The molecule has 0 aliphatic heterocycles. The van der Waals surface area contributed by atoms with E-state index in [2.05, 4.69) is 10.5 Å². The molecule has 0 aliphatic carbocycles. The van der Waals surface area contributed by atoms with Gasteiger partial charge in [-0.05, 0) is 25.1 Å². The predicted octanol–water partition coefficient (Wildman–Crippen LogP) is 3.09. The van der Waals surface area contributed by atoms with E-state index in [4.69, 9.17) is 32.5 Å². The van der Waals surface area contributed by atoms with Crippen molar-refractivity contribution in [2.75, 3.05) is 11.9 Å². The maximum atomic E-state index is 11.8. The Hall–Kier alpha value is -2.05. The third-order valence-electron chi connectivity index (χ3n) is 2.37. The molecule has 0 aliphatic rings. The molecule has 1 heterocycles. The fraction of sp³-hybridized carbons (Fsp3) is 0.154. The number of ether oxygens (including phenoxy) is 1. The smallest absolute Gasteiger partial charge is 0.340 e. The summed E-state index contributed by atoms with van der Waals surface area (Å²) in [5.41, 5.74) is 0.709. The van der Waals surface area contributed by atoms with Crippen LogP contribution in [0.1, 0.15) is 16.1 Å². The lowest BCUT2D eigenvalue weighted by atomic mass is 10.2. The lowest BCUT2D eigenvalue weighted by Crippen LogP contribution is -2.20. The number of rotatable bonds is 4. The molecule has 110 valence electrons. The number of benzene rings is 1. The molecule has 21 heavy (non-hydrogen) atoms. The van der Waals surface area contributed by atoms with Gasteiger partial charge in [0, 0.05) is 11.1 Å². The minimum absolute atomic E-state index is 0.0903. The zero-order valence-corrected chi connectivity index (χ0v) is 12.4. The van der Waals surface area contributed by atoms with Gasteiger partial charge in [0.05, 0.1) is 16.3 Å². The van der Waals surface area contributed by atoms with Crippen LogP contribution in [0.15, 0.2) is 28.8 Å². The molecule has 0 saturated carbocycles. The maximum absolute atomic E-state index is 11.8. The largest absolute Gasteiger partial charge is 0.452 e. The molecule has 2 rings (SSSR count). The highest BCUT2D eigenvalue weighted by Crippen LogP contribution is 2.21. The van der Waals surface area contributed by atoms with Gasteiger partial charge in [0.2, 0.25) is 5.88 Å². The van der Waals surface area contributed by atoms with Gasteiger partial charge in [-0.2, -0.15) is 0 Å². The third-order valence-corrected chi connectivity index (χ3v) is 2.94. The number of hydrogen-bond donors (Lipinski definition) is 1. The minimum atomic E-state index is -0.744. The number of aromatic nitrogens is 1. The van der Waals surface area contributed by atoms with Crippen molar-refractivity contribution >= 4 is 41.0 Å². The summed E-state index contributed by atoms with van der Waals surface area (Å²) < 4.78 is 9.65. The first-order chi connectivity index (χ1) is 9.95. The number of carbonyl (C=O) groups excluding carboxylic acids is 2. The number of nitrogens with zero attached hydrogens (tertiary/aromatic N) is 1. The minimum Gasteiger partial charge on any atom is -0.452 e. The third kappa shape index (κ3) is 4.21. The zero-order chi connectivity index (χ0) is 15.4. The Morgan fingerprint density at radius 3 is 2.76 bits per heavy atom. The van der Waals surface area contributed by atoms with E-state index in [9.17, 15) is 9.59 Å². The molecule has 0 radical (unpaired) electrons. The van der Waals surface area contributed by atoms with Gasteiger partial charge in [-0.25, -0.2) is 4.79 Å². The summed E-state index contributed by atoms with van der Waals surface area (Å²) in [5.74, 6) is -1.13. The van der Waals surface area contributed by atoms with Crippen molar-refractivity contribution in [3.05, 3.63) is 45.6 Å². The predicted molar refractivity (Wildman–Crippen MR) is 76.6 cm³/mol. The molecular formula is C13H10Cl2N2O4. The SMILES string of the molecule is Cc1cc(NC(=O)COC(=O)c2cc(Cl)ccc2Cl)on1. The van der Waals surface area contributed by atoms with Crippen LogP contribution >= 0.6 is 23.2 Å². The molecule has 0 saturated heterocycles. The first-order valence-corrected chi connectivity index (χ1v) is 6.56. The van der Waals surface area contributed by atoms with Crippen LogP contribution in [0.4, 0.5) is 5.88 Å². The average molecular weight is 329 g/mol. The standard InChI is InChI=1S/C13H10Cl2N2O4/c1-7-4-12(21-17-7)16-11(18)6-20-13(19)9-5-8(14)2-3-10(9)15/h2-5H,6H2,1H3,(H,16,18). The fourth-order valence-corrected chi connectivity index (χ4v) is 1.83. The number of anilines is 1. The van der Waals surface area contributed by atoms with Gasteiger partial charge in [0.15, 0.2) is 6.61 Å². The van der Waals surface area contributed by atoms with Crippen LogP contribution in [0, 0.1) is 6.92 Å². The van der Waals surface area contributed by atoms with Crippen LogP contribution < -0.4 is 5.32 Å². The molecule has 1 aromatic heterocycles. The Kier molecular flexibility index (Phi) is 4.82. The summed E-state index contributed by atoms with van der Waals surface area (Å²) in [6.07, 6.45) is 0. The van der Waals surface area contributed by atoms with Crippen molar-refractivity contribution in [1.29, 1.82) is 0 Å². The van der Waals surface area contributed by atoms with Crippen molar-refractivity contribution < 1.29 is 18.8 Å². The highest BCUT2D eigenvalue weighted by atomic mass is 35.5. The van der Waals surface area contributed by atoms with Gasteiger partial charge in [0.25, 0.3) is 5.91 Å². The zero-order valence-electron chi connectivity index (χ0n) is 10.9. The van der Waals surface area contributed by atoms with Crippen molar-refractivity contribution in [2.45, 2.75) is 6.92 Å². The monoisotopic (exact) mass is 328 g/mol. The van der Waals surface area contributed by atoms with Gasteiger partial charge in [-0.1, -0.05) is 28.4 Å². The van der Waals surface area contributed by atoms with E-state index >= 15 is 0 Å². The molecule has 1 aromatic carbocycles. The summed E-state index contributed by atoms with van der Waals surface area (Å²) in [5, 5.41) is 6.53. The summed E-state index contributed by atoms with van der Waals surface area (Å²) in [7, 11) is 0. The Morgan fingerprint density at radius 1 is 1.33 bits per heavy atom. The molecule has 0 unspecified atom stereocenters. The van der Waals surface area contributed by atoms with Crippen LogP contribution in [0.2, 0.25) is 10.0 Å². The van der Waals surface area contributed by atoms with Gasteiger partial charge < -0.3 is 9.26 Å². The highest BCUT2D eigenvalue weighted by Gasteiger charge is 2.15. The number of esters is 1. The Bertz CT molecular complexity index is 685. The van der Waals surface area contributed by atoms with E-state index in [1.54, 1.807) is 13.0 Å². The molecule has 0 bridgehead atoms. The first-order valence-electron chi connectivity index (χ1n) is 5.81. The molecule has 6 nitrogen and oxygen atoms in total. The van der Waals surface area contributed by atoms with Crippen LogP contribution in [-0.4, -0.2) is 23.6 Å². The Morgan fingerprint density at radius 2 is 2.10 bits per heavy atom. The summed E-state index contributed by atoms with van der Waals surface area (Å²) >= 11 is 11.6. The normalized spacial score (nSPS) is 10.2. The summed E-state index contributed by atoms with van der Waals surface area (Å²) in [4.78, 5) is 23.4. The number of nitrogens with one attached hydrogen (secondary N) is 1. The number of amides is 1. The molecular weight excluding hydrogens is 319 g/mol. The average Bonchev–Trinajstić information content (AvgIpc) is 2.84. The molecule has 2 aromatic rings. The molecule has 1 N–H and O–H groups in total. The molecule has 0 atom stereocenters.